The fraction of sp³-hybridized carbons (Fsp3) is 0.105. The lowest BCUT2D eigenvalue weighted by Crippen LogP contribution is -2.07. The van der Waals surface area contributed by atoms with Crippen LogP contribution in [0.1, 0.15) is 11.1 Å². The number of ether oxygens (including phenoxy) is 2. The number of amides is 1. The first-order chi connectivity index (χ1) is 13.7. The minimum atomic E-state index is -0.307. The summed E-state index contributed by atoms with van der Waals surface area (Å²) in [5, 5.41) is 15.4. The third-order valence-electron chi connectivity index (χ3n) is 3.86. The third-order valence-corrected chi connectivity index (χ3v) is 5.00. The molecule has 1 amide bonds. The quantitative estimate of drug-likeness (QED) is 0.588. The Morgan fingerprint density at radius 3 is 2.86 bits per heavy atom. The van der Waals surface area contributed by atoms with Crippen LogP contribution in [0.3, 0.4) is 0 Å². The lowest BCUT2D eigenvalue weighted by molar-refractivity contribution is -0.111. The van der Waals surface area contributed by atoms with Crippen LogP contribution in [0.4, 0.5) is 10.3 Å². The van der Waals surface area contributed by atoms with Crippen LogP contribution in [-0.4, -0.2) is 22.9 Å². The van der Waals surface area contributed by atoms with E-state index in [1.807, 2.05) is 36.4 Å². The molecule has 0 aliphatic carbocycles. The van der Waals surface area contributed by atoms with Crippen molar-refractivity contribution < 1.29 is 14.3 Å². The maximum atomic E-state index is 12.0. The molecular formula is C19H15ClN4O3S. The Labute approximate surface area is 170 Å². The maximum absolute atomic E-state index is 12.0. The van der Waals surface area contributed by atoms with Crippen LogP contribution in [-0.2, 0) is 11.3 Å². The molecule has 1 aliphatic rings. The van der Waals surface area contributed by atoms with Crippen LogP contribution in [0.5, 0.6) is 11.5 Å². The van der Waals surface area contributed by atoms with Gasteiger partial charge >= 0.3 is 0 Å². The molecule has 7 nitrogen and oxygen atoms in total. The molecule has 1 aliphatic heterocycles. The van der Waals surface area contributed by atoms with E-state index in [1.165, 1.54) is 17.4 Å². The van der Waals surface area contributed by atoms with Crippen molar-refractivity contribution in [3.63, 3.8) is 0 Å². The molecule has 1 aromatic heterocycles. The van der Waals surface area contributed by atoms with Gasteiger partial charge in [0.05, 0.1) is 0 Å². The second-order valence-electron chi connectivity index (χ2n) is 5.80. The van der Waals surface area contributed by atoms with Crippen LogP contribution >= 0.6 is 22.9 Å². The van der Waals surface area contributed by atoms with Crippen molar-refractivity contribution in [2.24, 2.45) is 0 Å². The summed E-state index contributed by atoms with van der Waals surface area (Å²) in [6.07, 6.45) is 3.06. The lowest BCUT2D eigenvalue weighted by Gasteiger charge is -2.03. The standard InChI is InChI=1S/C19H15ClN4O3S/c20-14-4-2-1-3-13(14)6-8-17(25)22-19-24-23-18(28-19)21-10-12-5-7-15-16(9-12)27-11-26-15/h1-9H,10-11H2,(H,21,23)(H,22,24,25)/b8-6+. The first-order valence-corrected chi connectivity index (χ1v) is 9.56. The zero-order chi connectivity index (χ0) is 19.3. The van der Waals surface area contributed by atoms with Gasteiger partial charge in [0.1, 0.15) is 0 Å². The Kier molecular flexibility index (Phi) is 5.41. The van der Waals surface area contributed by atoms with Crippen LogP contribution in [0.15, 0.2) is 48.5 Å². The third kappa shape index (κ3) is 4.41. The van der Waals surface area contributed by atoms with E-state index in [1.54, 1.807) is 12.1 Å². The molecule has 2 heterocycles. The summed E-state index contributed by atoms with van der Waals surface area (Å²) < 4.78 is 10.7. The molecule has 0 spiro atoms. The summed E-state index contributed by atoms with van der Waals surface area (Å²) in [4.78, 5) is 12.0. The van der Waals surface area contributed by atoms with E-state index in [-0.39, 0.29) is 12.7 Å². The zero-order valence-electron chi connectivity index (χ0n) is 14.5. The Bertz CT molecular complexity index is 1040. The molecule has 0 radical (unpaired) electrons. The number of nitrogens with one attached hydrogen (secondary N) is 2. The highest BCUT2D eigenvalue weighted by atomic mass is 35.5. The van der Waals surface area contributed by atoms with Crippen LogP contribution in [0.2, 0.25) is 5.02 Å². The van der Waals surface area contributed by atoms with Gasteiger partial charge in [-0.3, -0.25) is 10.1 Å². The number of aromatic nitrogens is 2. The molecule has 0 bridgehead atoms. The topological polar surface area (TPSA) is 85.4 Å². The molecule has 28 heavy (non-hydrogen) atoms. The number of halogens is 1. The van der Waals surface area contributed by atoms with Gasteiger partial charge in [-0.2, -0.15) is 0 Å². The van der Waals surface area contributed by atoms with E-state index in [9.17, 15) is 4.79 Å². The number of nitrogens with zero attached hydrogens (tertiary/aromatic N) is 2. The van der Waals surface area contributed by atoms with Crippen molar-refractivity contribution >= 4 is 45.2 Å². The number of benzene rings is 2. The van der Waals surface area contributed by atoms with E-state index in [2.05, 4.69) is 20.8 Å². The number of fused-ring (bicyclic) bond motifs is 1. The monoisotopic (exact) mass is 414 g/mol. The summed E-state index contributed by atoms with van der Waals surface area (Å²) in [5.41, 5.74) is 1.79. The van der Waals surface area contributed by atoms with Gasteiger partial charge in [-0.1, -0.05) is 47.2 Å². The van der Waals surface area contributed by atoms with Gasteiger partial charge < -0.3 is 14.8 Å². The predicted octanol–water partition coefficient (Wildman–Crippen LogP) is 4.18. The van der Waals surface area contributed by atoms with E-state index < -0.39 is 0 Å². The van der Waals surface area contributed by atoms with Crippen molar-refractivity contribution in [3.8, 4) is 11.5 Å². The van der Waals surface area contributed by atoms with Gasteiger partial charge in [-0.05, 0) is 35.4 Å². The first kappa shape index (κ1) is 18.3. The molecule has 3 aromatic rings. The summed E-state index contributed by atoms with van der Waals surface area (Å²) in [7, 11) is 0. The smallest absolute Gasteiger partial charge is 0.250 e. The first-order valence-electron chi connectivity index (χ1n) is 8.37. The molecule has 4 rings (SSSR count). The number of carbonyl (C=O) groups is 1. The van der Waals surface area contributed by atoms with Gasteiger partial charge in [-0.25, -0.2) is 0 Å². The number of hydrogen-bond acceptors (Lipinski definition) is 7. The summed E-state index contributed by atoms with van der Waals surface area (Å²) in [6, 6.07) is 13.0. The summed E-state index contributed by atoms with van der Waals surface area (Å²) >= 11 is 7.31. The van der Waals surface area contributed by atoms with Crippen molar-refractivity contribution in [1.29, 1.82) is 0 Å². The van der Waals surface area contributed by atoms with E-state index >= 15 is 0 Å². The Balaban J connectivity index is 1.31. The Hall–Kier alpha value is -3.10. The molecule has 0 saturated carbocycles. The second kappa shape index (κ2) is 8.28. The van der Waals surface area contributed by atoms with Crippen LogP contribution in [0, 0.1) is 0 Å². The number of rotatable bonds is 6. The van der Waals surface area contributed by atoms with Gasteiger partial charge in [-0.15, -0.1) is 10.2 Å². The fourth-order valence-electron chi connectivity index (χ4n) is 2.50. The molecule has 2 aromatic carbocycles. The minimum absolute atomic E-state index is 0.247. The van der Waals surface area contributed by atoms with Gasteiger partial charge in [0.15, 0.2) is 11.5 Å². The summed E-state index contributed by atoms with van der Waals surface area (Å²) in [6.45, 7) is 0.794. The van der Waals surface area contributed by atoms with Crippen molar-refractivity contribution in [1.82, 2.24) is 10.2 Å². The molecule has 142 valence electrons. The molecule has 0 atom stereocenters. The highest BCUT2D eigenvalue weighted by Gasteiger charge is 2.13. The van der Waals surface area contributed by atoms with Crippen molar-refractivity contribution in [2.45, 2.75) is 6.54 Å². The number of carbonyl (C=O) groups excluding carboxylic acids is 1. The van der Waals surface area contributed by atoms with Crippen molar-refractivity contribution in [2.75, 3.05) is 17.4 Å². The summed E-state index contributed by atoms with van der Waals surface area (Å²) in [5.74, 6) is 1.17. The minimum Gasteiger partial charge on any atom is -0.454 e. The fourth-order valence-corrected chi connectivity index (χ4v) is 3.34. The Morgan fingerprint density at radius 2 is 1.96 bits per heavy atom. The largest absolute Gasteiger partial charge is 0.454 e. The van der Waals surface area contributed by atoms with E-state index in [4.69, 9.17) is 21.1 Å². The second-order valence-corrected chi connectivity index (χ2v) is 7.18. The number of hydrogen-bond donors (Lipinski definition) is 2. The van der Waals surface area contributed by atoms with Crippen LogP contribution < -0.4 is 20.1 Å². The lowest BCUT2D eigenvalue weighted by atomic mass is 10.2. The van der Waals surface area contributed by atoms with Crippen LogP contribution in [0.25, 0.3) is 6.08 Å². The normalized spacial score (nSPS) is 12.3. The molecule has 9 heteroatoms. The number of anilines is 2. The van der Waals surface area contributed by atoms with Gasteiger partial charge in [0, 0.05) is 17.6 Å². The SMILES string of the molecule is O=C(/C=C/c1ccccc1Cl)Nc1nnc(NCc2ccc3c(c2)OCO3)s1. The molecule has 0 fully saturated rings. The highest BCUT2D eigenvalue weighted by molar-refractivity contribution is 7.19. The average Bonchev–Trinajstić information content (AvgIpc) is 3.34. The maximum Gasteiger partial charge on any atom is 0.250 e. The average molecular weight is 415 g/mol. The van der Waals surface area contributed by atoms with E-state index in [0.717, 1.165) is 22.6 Å². The van der Waals surface area contributed by atoms with Gasteiger partial charge in [0.25, 0.3) is 0 Å². The zero-order valence-corrected chi connectivity index (χ0v) is 16.1. The molecule has 2 N–H and O–H groups in total. The molecule has 0 saturated heterocycles. The predicted molar refractivity (Wildman–Crippen MR) is 109 cm³/mol. The van der Waals surface area contributed by atoms with E-state index in [0.29, 0.717) is 21.8 Å². The van der Waals surface area contributed by atoms with Gasteiger partial charge in [0.2, 0.25) is 23.0 Å². The highest BCUT2D eigenvalue weighted by Crippen LogP contribution is 2.32. The Morgan fingerprint density at radius 1 is 1.14 bits per heavy atom. The molecular weight excluding hydrogens is 400 g/mol. The van der Waals surface area contributed by atoms with Crippen molar-refractivity contribution in [3.05, 3.63) is 64.7 Å². The molecule has 0 unspecified atom stereocenters.